The molecular formula is C21H15N3NiO. The molecule has 0 spiro atoms. The van der Waals surface area contributed by atoms with Gasteiger partial charge in [0.05, 0.1) is 28.5 Å². The van der Waals surface area contributed by atoms with Crippen LogP contribution in [0.15, 0.2) is 85.1 Å². The van der Waals surface area contributed by atoms with E-state index in [1.807, 2.05) is 66.7 Å². The molecule has 5 heteroatoms. The summed E-state index contributed by atoms with van der Waals surface area (Å²) >= 11 is 0. The molecular weight excluding hydrogens is 369 g/mol. The molecule has 4 nitrogen and oxygen atoms in total. The second-order valence-electron chi connectivity index (χ2n) is 5.55. The summed E-state index contributed by atoms with van der Waals surface area (Å²) in [6, 6.07) is 24.4. The summed E-state index contributed by atoms with van der Waals surface area (Å²) in [5.74, 6) is 0.211. The second kappa shape index (κ2) is 7.90. The van der Waals surface area contributed by atoms with Crippen molar-refractivity contribution in [3.05, 3.63) is 85.1 Å². The van der Waals surface area contributed by atoms with Gasteiger partial charge >= 0.3 is 0 Å². The van der Waals surface area contributed by atoms with E-state index >= 15 is 0 Å². The maximum Gasteiger partial charge on any atom is 0.124 e. The maximum atomic E-state index is 10.1. The van der Waals surface area contributed by atoms with Crippen LogP contribution in [0.4, 0.5) is 0 Å². The fourth-order valence-corrected chi connectivity index (χ4v) is 2.65. The fourth-order valence-electron chi connectivity index (χ4n) is 2.65. The molecule has 0 aliphatic carbocycles. The third-order valence-corrected chi connectivity index (χ3v) is 3.87. The van der Waals surface area contributed by atoms with Crippen LogP contribution in [0.2, 0.25) is 0 Å². The number of para-hydroxylation sites is 1. The minimum absolute atomic E-state index is 0. The zero-order valence-electron chi connectivity index (χ0n) is 13.7. The van der Waals surface area contributed by atoms with Gasteiger partial charge in [-0.3, -0.25) is 4.98 Å². The first-order chi connectivity index (χ1) is 12.3. The summed E-state index contributed by atoms with van der Waals surface area (Å²) in [6.45, 7) is 0. The molecule has 4 rings (SSSR count). The van der Waals surface area contributed by atoms with E-state index in [0.29, 0.717) is 11.3 Å². The molecule has 0 fully saturated rings. The Kier molecular flexibility index (Phi) is 5.40. The predicted octanol–water partition coefficient (Wildman–Crippen LogP) is 4.58. The van der Waals surface area contributed by atoms with Crippen molar-refractivity contribution < 1.29 is 21.6 Å². The average molecular weight is 384 g/mol. The van der Waals surface area contributed by atoms with Gasteiger partial charge in [-0.15, -0.1) is 0 Å². The topological polar surface area (TPSA) is 58.9 Å². The average Bonchev–Trinajstić information content (AvgIpc) is 2.69. The van der Waals surface area contributed by atoms with Gasteiger partial charge < -0.3 is 5.11 Å². The van der Waals surface area contributed by atoms with Crippen LogP contribution in [-0.2, 0) is 16.5 Å². The second-order valence-corrected chi connectivity index (χ2v) is 5.55. The molecule has 0 atom stereocenters. The van der Waals surface area contributed by atoms with Gasteiger partial charge in [-0.05, 0) is 48.5 Å². The monoisotopic (exact) mass is 383 g/mol. The largest absolute Gasteiger partial charge is 0.507 e. The Morgan fingerprint density at radius 1 is 0.538 bits per heavy atom. The molecule has 4 aromatic rings. The van der Waals surface area contributed by atoms with E-state index in [9.17, 15) is 5.11 Å². The number of aromatic hydroxyl groups is 1. The number of phenolic OH excluding ortho intramolecular Hbond substituents is 1. The van der Waals surface area contributed by atoms with Crippen molar-refractivity contribution >= 4 is 0 Å². The van der Waals surface area contributed by atoms with Crippen LogP contribution in [0.3, 0.4) is 0 Å². The van der Waals surface area contributed by atoms with E-state index in [-0.39, 0.29) is 22.2 Å². The first-order valence-electron chi connectivity index (χ1n) is 7.95. The fraction of sp³-hybridized carbons (Fsp3) is 0. The third-order valence-electron chi connectivity index (χ3n) is 3.87. The molecule has 26 heavy (non-hydrogen) atoms. The van der Waals surface area contributed by atoms with Gasteiger partial charge in [0.15, 0.2) is 0 Å². The van der Waals surface area contributed by atoms with E-state index in [1.54, 1.807) is 18.3 Å². The number of rotatable bonds is 3. The van der Waals surface area contributed by atoms with Gasteiger partial charge in [0.1, 0.15) is 5.75 Å². The van der Waals surface area contributed by atoms with E-state index in [1.165, 1.54) is 0 Å². The summed E-state index contributed by atoms with van der Waals surface area (Å²) in [4.78, 5) is 13.7. The normalized spacial score (nSPS) is 10.2. The maximum absolute atomic E-state index is 10.1. The summed E-state index contributed by atoms with van der Waals surface area (Å²) in [5.41, 5.74) is 4.54. The third kappa shape index (κ3) is 3.63. The van der Waals surface area contributed by atoms with Crippen LogP contribution in [-0.4, -0.2) is 20.1 Å². The van der Waals surface area contributed by atoms with Gasteiger partial charge in [0.25, 0.3) is 0 Å². The number of benzene rings is 1. The predicted molar refractivity (Wildman–Crippen MR) is 97.8 cm³/mol. The van der Waals surface area contributed by atoms with Gasteiger partial charge in [-0.2, -0.15) is 0 Å². The standard InChI is InChI=1S/C21H15N3O.Ni/c25-21-13-2-1-7-15(21)16-9-5-11-19(23-16)20-12-6-10-18(24-20)17-8-3-4-14-22-17;/h1-14,25H;. The van der Waals surface area contributed by atoms with Crippen LogP contribution >= 0.6 is 0 Å². The summed E-state index contributed by atoms with van der Waals surface area (Å²) < 4.78 is 0. The molecule has 130 valence electrons. The SMILES string of the molecule is Oc1ccccc1-c1cccc(-c2cccc(-c3ccccn3)n2)n1.[Ni]. The van der Waals surface area contributed by atoms with Gasteiger partial charge in [-0.25, -0.2) is 9.97 Å². The minimum Gasteiger partial charge on any atom is -0.507 e. The first-order valence-corrected chi connectivity index (χ1v) is 7.95. The smallest absolute Gasteiger partial charge is 0.124 e. The Morgan fingerprint density at radius 2 is 1.08 bits per heavy atom. The van der Waals surface area contributed by atoms with Crippen molar-refractivity contribution in [1.29, 1.82) is 0 Å². The zero-order valence-corrected chi connectivity index (χ0v) is 14.7. The molecule has 1 aromatic carbocycles. The van der Waals surface area contributed by atoms with Crippen molar-refractivity contribution in [2.24, 2.45) is 0 Å². The molecule has 0 radical (unpaired) electrons. The van der Waals surface area contributed by atoms with Crippen molar-refractivity contribution in [1.82, 2.24) is 15.0 Å². The van der Waals surface area contributed by atoms with Crippen LogP contribution in [0.1, 0.15) is 0 Å². The molecule has 0 saturated carbocycles. The number of phenols is 1. The van der Waals surface area contributed by atoms with E-state index < -0.39 is 0 Å². The van der Waals surface area contributed by atoms with Crippen molar-refractivity contribution in [3.8, 4) is 39.8 Å². The molecule has 0 saturated heterocycles. The number of hydrogen-bond acceptors (Lipinski definition) is 4. The first kappa shape index (κ1) is 17.8. The van der Waals surface area contributed by atoms with Crippen molar-refractivity contribution in [2.75, 3.05) is 0 Å². The minimum atomic E-state index is 0. The molecule has 0 amide bonds. The molecule has 1 N–H and O–H groups in total. The van der Waals surface area contributed by atoms with Gasteiger partial charge in [0.2, 0.25) is 0 Å². The molecule has 0 aliphatic heterocycles. The zero-order chi connectivity index (χ0) is 17.1. The van der Waals surface area contributed by atoms with E-state index in [4.69, 9.17) is 0 Å². The quantitative estimate of drug-likeness (QED) is 0.526. The van der Waals surface area contributed by atoms with Crippen molar-refractivity contribution in [2.45, 2.75) is 0 Å². The van der Waals surface area contributed by atoms with Gasteiger partial charge in [0, 0.05) is 28.3 Å². The molecule has 0 unspecified atom stereocenters. The summed E-state index contributed by atoms with van der Waals surface area (Å²) in [7, 11) is 0. The van der Waals surface area contributed by atoms with Crippen LogP contribution < -0.4 is 0 Å². The molecule has 3 heterocycles. The summed E-state index contributed by atoms with van der Waals surface area (Å²) in [5, 5.41) is 10.1. The number of nitrogens with zero attached hydrogens (tertiary/aromatic N) is 3. The number of aromatic nitrogens is 3. The molecule has 0 aliphatic rings. The number of pyridine rings is 3. The summed E-state index contributed by atoms with van der Waals surface area (Å²) in [6.07, 6.45) is 1.75. The Balaban J connectivity index is 0.00000196. The Bertz CT molecular complexity index is 1020. The Labute approximate surface area is 161 Å². The van der Waals surface area contributed by atoms with Crippen molar-refractivity contribution in [3.63, 3.8) is 0 Å². The van der Waals surface area contributed by atoms with Gasteiger partial charge in [-0.1, -0.05) is 30.3 Å². The Morgan fingerprint density at radius 3 is 1.73 bits per heavy atom. The molecule has 0 bridgehead atoms. The van der Waals surface area contributed by atoms with Crippen LogP contribution in [0.25, 0.3) is 34.0 Å². The number of hydrogen-bond donors (Lipinski definition) is 1. The van der Waals surface area contributed by atoms with Crippen LogP contribution in [0.5, 0.6) is 5.75 Å². The van der Waals surface area contributed by atoms with Crippen LogP contribution in [0, 0.1) is 0 Å². The van der Waals surface area contributed by atoms with E-state index in [2.05, 4.69) is 15.0 Å². The Hall–Kier alpha value is -3.04. The van der Waals surface area contributed by atoms with E-state index in [0.717, 1.165) is 22.8 Å². The molecule has 3 aromatic heterocycles.